The van der Waals surface area contributed by atoms with E-state index in [2.05, 4.69) is 0 Å². The second-order valence-electron chi connectivity index (χ2n) is 2.88. The number of hydrogen-bond donors (Lipinski definition) is 2. The molecule has 0 saturated heterocycles. The van der Waals surface area contributed by atoms with Crippen LogP contribution in [0, 0.1) is 0 Å². The molecule has 0 unspecified atom stereocenters. The Kier molecular flexibility index (Phi) is 5.59. The summed E-state index contributed by atoms with van der Waals surface area (Å²) < 4.78 is 0. The van der Waals surface area contributed by atoms with Crippen LogP contribution in [0.15, 0.2) is 11.6 Å². The zero-order valence-electron chi connectivity index (χ0n) is 7.62. The SMILES string of the molecule is CC(=CCCC(=O)O)CCC(=O)O. The summed E-state index contributed by atoms with van der Waals surface area (Å²) in [7, 11) is 0. The lowest BCUT2D eigenvalue weighted by molar-refractivity contribution is -0.138. The van der Waals surface area contributed by atoms with Crippen LogP contribution in [-0.4, -0.2) is 22.2 Å². The zero-order chi connectivity index (χ0) is 10.3. The van der Waals surface area contributed by atoms with Gasteiger partial charge in [0, 0.05) is 12.8 Å². The highest BCUT2D eigenvalue weighted by Gasteiger charge is 1.98. The van der Waals surface area contributed by atoms with Crippen LogP contribution in [0.1, 0.15) is 32.6 Å². The summed E-state index contributed by atoms with van der Waals surface area (Å²) in [5.74, 6) is -1.66. The van der Waals surface area contributed by atoms with E-state index in [0.717, 1.165) is 5.57 Å². The van der Waals surface area contributed by atoms with Crippen molar-refractivity contribution < 1.29 is 19.8 Å². The Labute approximate surface area is 76.9 Å². The first-order chi connectivity index (χ1) is 6.02. The molecule has 0 aromatic carbocycles. The molecule has 13 heavy (non-hydrogen) atoms. The molecule has 0 aliphatic rings. The average Bonchev–Trinajstić information content (AvgIpc) is 2.00. The Balaban J connectivity index is 3.63. The minimum atomic E-state index is -0.831. The van der Waals surface area contributed by atoms with E-state index in [-0.39, 0.29) is 12.8 Å². The molecule has 0 spiro atoms. The highest BCUT2D eigenvalue weighted by molar-refractivity contribution is 5.67. The van der Waals surface area contributed by atoms with Crippen LogP contribution in [0.5, 0.6) is 0 Å². The second kappa shape index (κ2) is 6.22. The molecule has 74 valence electrons. The monoisotopic (exact) mass is 186 g/mol. The first kappa shape index (κ1) is 11.7. The van der Waals surface area contributed by atoms with E-state index in [1.54, 1.807) is 6.08 Å². The molecule has 0 fully saturated rings. The first-order valence-corrected chi connectivity index (χ1v) is 4.11. The molecule has 0 aliphatic carbocycles. The molecule has 0 heterocycles. The second-order valence-corrected chi connectivity index (χ2v) is 2.88. The van der Waals surface area contributed by atoms with Crippen molar-refractivity contribution in [2.45, 2.75) is 32.6 Å². The van der Waals surface area contributed by atoms with E-state index in [1.807, 2.05) is 6.92 Å². The van der Waals surface area contributed by atoms with E-state index in [1.165, 1.54) is 0 Å². The number of aliphatic carboxylic acids is 2. The molecule has 0 amide bonds. The fraction of sp³-hybridized carbons (Fsp3) is 0.556. The van der Waals surface area contributed by atoms with Crippen LogP contribution in [-0.2, 0) is 9.59 Å². The van der Waals surface area contributed by atoms with Gasteiger partial charge >= 0.3 is 11.9 Å². The van der Waals surface area contributed by atoms with E-state index < -0.39 is 11.9 Å². The van der Waals surface area contributed by atoms with Crippen molar-refractivity contribution in [1.29, 1.82) is 0 Å². The first-order valence-electron chi connectivity index (χ1n) is 4.11. The van der Waals surface area contributed by atoms with Gasteiger partial charge in [0.1, 0.15) is 0 Å². The van der Waals surface area contributed by atoms with Crippen molar-refractivity contribution in [1.82, 2.24) is 0 Å². The average molecular weight is 186 g/mol. The van der Waals surface area contributed by atoms with E-state index >= 15 is 0 Å². The molecule has 2 N–H and O–H groups in total. The van der Waals surface area contributed by atoms with E-state index in [4.69, 9.17) is 10.2 Å². The summed E-state index contributed by atoms with van der Waals surface area (Å²) in [6.07, 6.45) is 2.95. The maximum Gasteiger partial charge on any atom is 0.303 e. The predicted molar refractivity (Wildman–Crippen MR) is 47.5 cm³/mol. The van der Waals surface area contributed by atoms with Crippen molar-refractivity contribution in [3.8, 4) is 0 Å². The van der Waals surface area contributed by atoms with Crippen LogP contribution in [0.25, 0.3) is 0 Å². The quantitative estimate of drug-likeness (QED) is 0.618. The van der Waals surface area contributed by atoms with Crippen LogP contribution < -0.4 is 0 Å². The lowest BCUT2D eigenvalue weighted by Gasteiger charge is -1.97. The molecule has 0 aromatic rings. The van der Waals surface area contributed by atoms with Gasteiger partial charge in [0.15, 0.2) is 0 Å². The molecule has 0 aromatic heterocycles. The molecule has 0 bridgehead atoms. The number of carboxylic acid groups (broad SMARTS) is 2. The maximum atomic E-state index is 10.2. The van der Waals surface area contributed by atoms with Crippen LogP contribution in [0.3, 0.4) is 0 Å². The zero-order valence-corrected chi connectivity index (χ0v) is 7.62. The maximum absolute atomic E-state index is 10.2. The highest BCUT2D eigenvalue weighted by Crippen LogP contribution is 2.06. The van der Waals surface area contributed by atoms with Crippen LogP contribution in [0.4, 0.5) is 0 Å². The van der Waals surface area contributed by atoms with Crippen molar-refractivity contribution >= 4 is 11.9 Å². The Hall–Kier alpha value is -1.32. The minimum Gasteiger partial charge on any atom is -0.481 e. The van der Waals surface area contributed by atoms with Crippen molar-refractivity contribution in [2.24, 2.45) is 0 Å². The molecular weight excluding hydrogens is 172 g/mol. The predicted octanol–water partition coefficient (Wildman–Crippen LogP) is 1.66. The Bertz CT molecular complexity index is 218. The molecule has 0 rings (SSSR count). The Morgan fingerprint density at radius 2 is 1.62 bits per heavy atom. The van der Waals surface area contributed by atoms with Crippen molar-refractivity contribution in [3.63, 3.8) is 0 Å². The van der Waals surface area contributed by atoms with Gasteiger partial charge < -0.3 is 10.2 Å². The molecule has 0 saturated carbocycles. The van der Waals surface area contributed by atoms with Gasteiger partial charge in [-0.3, -0.25) is 9.59 Å². The smallest absolute Gasteiger partial charge is 0.303 e. The van der Waals surface area contributed by atoms with Gasteiger partial charge in [-0.05, 0) is 19.8 Å². The number of rotatable bonds is 6. The third-order valence-corrected chi connectivity index (χ3v) is 1.58. The van der Waals surface area contributed by atoms with Gasteiger partial charge in [-0.25, -0.2) is 0 Å². The summed E-state index contributed by atoms with van der Waals surface area (Å²) in [6.45, 7) is 1.81. The Morgan fingerprint density at radius 3 is 2.08 bits per heavy atom. The fourth-order valence-electron chi connectivity index (χ4n) is 0.848. The molecule has 4 heteroatoms. The van der Waals surface area contributed by atoms with Gasteiger partial charge in [-0.2, -0.15) is 0 Å². The molecular formula is C9H14O4. The van der Waals surface area contributed by atoms with Gasteiger partial charge in [0.25, 0.3) is 0 Å². The largest absolute Gasteiger partial charge is 0.481 e. The fourth-order valence-corrected chi connectivity index (χ4v) is 0.848. The topological polar surface area (TPSA) is 74.6 Å². The van der Waals surface area contributed by atoms with Crippen LogP contribution >= 0.6 is 0 Å². The highest BCUT2D eigenvalue weighted by atomic mass is 16.4. The molecule has 0 atom stereocenters. The van der Waals surface area contributed by atoms with Crippen LogP contribution in [0.2, 0.25) is 0 Å². The molecule has 0 radical (unpaired) electrons. The summed E-state index contributed by atoms with van der Waals surface area (Å²) in [5, 5.41) is 16.7. The number of carbonyl (C=O) groups is 2. The lowest BCUT2D eigenvalue weighted by Crippen LogP contribution is -1.95. The minimum absolute atomic E-state index is 0.102. The summed E-state index contributed by atoms with van der Waals surface area (Å²) in [6, 6.07) is 0. The summed E-state index contributed by atoms with van der Waals surface area (Å²) in [5.41, 5.74) is 0.934. The third kappa shape index (κ3) is 8.59. The van der Waals surface area contributed by atoms with Crippen molar-refractivity contribution in [2.75, 3.05) is 0 Å². The normalized spacial score (nSPS) is 11.3. The molecule has 4 nitrogen and oxygen atoms in total. The molecule has 0 aliphatic heterocycles. The van der Waals surface area contributed by atoms with E-state index in [0.29, 0.717) is 12.8 Å². The Morgan fingerprint density at radius 1 is 1.08 bits per heavy atom. The number of carboxylic acids is 2. The summed E-state index contributed by atoms with van der Waals surface area (Å²) >= 11 is 0. The van der Waals surface area contributed by atoms with E-state index in [9.17, 15) is 9.59 Å². The van der Waals surface area contributed by atoms with Crippen molar-refractivity contribution in [3.05, 3.63) is 11.6 Å². The third-order valence-electron chi connectivity index (χ3n) is 1.58. The van der Waals surface area contributed by atoms with Gasteiger partial charge in [0.05, 0.1) is 0 Å². The number of hydrogen-bond acceptors (Lipinski definition) is 2. The number of allylic oxidation sites excluding steroid dienone is 2. The van der Waals surface area contributed by atoms with Gasteiger partial charge in [0.2, 0.25) is 0 Å². The summed E-state index contributed by atoms with van der Waals surface area (Å²) in [4.78, 5) is 20.3. The standard InChI is InChI=1S/C9H14O4/c1-7(5-6-9(12)13)3-2-4-8(10)11/h3H,2,4-6H2,1H3,(H,10,11)(H,12,13). The lowest BCUT2D eigenvalue weighted by atomic mass is 10.1. The van der Waals surface area contributed by atoms with Gasteiger partial charge in [-0.1, -0.05) is 11.6 Å². The van der Waals surface area contributed by atoms with Gasteiger partial charge in [-0.15, -0.1) is 0 Å².